The van der Waals surface area contributed by atoms with Gasteiger partial charge in [-0.3, -0.25) is 4.98 Å². The van der Waals surface area contributed by atoms with E-state index in [0.29, 0.717) is 5.52 Å². The molecule has 2 rings (SSSR count). The quantitative estimate of drug-likeness (QED) is 0.700. The molecule has 0 saturated heterocycles. The predicted molar refractivity (Wildman–Crippen MR) is 58.7 cm³/mol. The van der Waals surface area contributed by atoms with Gasteiger partial charge in [-0.05, 0) is 19.8 Å². The maximum absolute atomic E-state index is 14.0. The Morgan fingerprint density at radius 1 is 1.27 bits per heavy atom. The minimum atomic E-state index is -0.130. The van der Waals surface area contributed by atoms with Gasteiger partial charge in [0.1, 0.15) is 5.52 Å². The van der Waals surface area contributed by atoms with Crippen molar-refractivity contribution >= 4 is 5.52 Å². The fourth-order valence-corrected chi connectivity index (χ4v) is 1.92. The maximum atomic E-state index is 14.0. The molecule has 0 unspecified atom stereocenters. The Bertz CT molecular complexity index is 512. The molecule has 0 aliphatic rings. The number of aromatic nitrogens is 2. The summed E-state index contributed by atoms with van der Waals surface area (Å²) in [5.41, 5.74) is 3.01. The third-order valence-corrected chi connectivity index (χ3v) is 2.63. The van der Waals surface area contributed by atoms with Crippen LogP contribution in [0.15, 0.2) is 12.4 Å². The van der Waals surface area contributed by atoms with Gasteiger partial charge in [0.15, 0.2) is 5.82 Å². The highest BCUT2D eigenvalue weighted by Gasteiger charge is 2.15. The molecule has 0 atom stereocenters. The van der Waals surface area contributed by atoms with Crippen molar-refractivity contribution in [1.82, 2.24) is 9.38 Å². The van der Waals surface area contributed by atoms with Crippen molar-refractivity contribution in [3.63, 3.8) is 0 Å². The van der Waals surface area contributed by atoms with Crippen LogP contribution >= 0.6 is 0 Å². The average molecular weight is 206 g/mol. The van der Waals surface area contributed by atoms with Crippen LogP contribution in [0.1, 0.15) is 36.7 Å². The van der Waals surface area contributed by atoms with Crippen LogP contribution in [0.4, 0.5) is 4.39 Å². The fourth-order valence-electron chi connectivity index (χ4n) is 1.92. The van der Waals surface area contributed by atoms with Crippen molar-refractivity contribution in [3.8, 4) is 0 Å². The SMILES string of the molecule is Cc1cn2cc(C(C)C)c(F)c2c(C)n1. The molecule has 2 heterocycles. The molecule has 2 aromatic heterocycles. The van der Waals surface area contributed by atoms with E-state index in [4.69, 9.17) is 0 Å². The first-order valence-corrected chi connectivity index (χ1v) is 5.15. The van der Waals surface area contributed by atoms with E-state index in [1.54, 1.807) is 0 Å². The van der Waals surface area contributed by atoms with Crippen LogP contribution in [-0.2, 0) is 0 Å². The van der Waals surface area contributed by atoms with Crippen molar-refractivity contribution in [2.45, 2.75) is 33.6 Å². The molecule has 0 aromatic carbocycles. The third-order valence-electron chi connectivity index (χ3n) is 2.63. The van der Waals surface area contributed by atoms with E-state index in [9.17, 15) is 4.39 Å². The first kappa shape index (κ1) is 10.1. The maximum Gasteiger partial charge on any atom is 0.153 e. The lowest BCUT2D eigenvalue weighted by molar-refractivity contribution is 0.612. The molecular formula is C12H15FN2. The molecule has 0 fully saturated rings. The Kier molecular flexibility index (Phi) is 2.25. The predicted octanol–water partition coefficient (Wildman–Crippen LogP) is 3.21. The molecule has 0 radical (unpaired) electrons. The largest absolute Gasteiger partial charge is 0.318 e. The second-order valence-corrected chi connectivity index (χ2v) is 4.28. The normalized spacial score (nSPS) is 11.6. The van der Waals surface area contributed by atoms with E-state index in [2.05, 4.69) is 4.98 Å². The Morgan fingerprint density at radius 2 is 1.93 bits per heavy atom. The van der Waals surface area contributed by atoms with Crippen LogP contribution in [0.25, 0.3) is 5.52 Å². The summed E-state index contributed by atoms with van der Waals surface area (Å²) in [5.74, 6) is 0.0691. The summed E-state index contributed by atoms with van der Waals surface area (Å²) in [6.07, 6.45) is 3.72. The summed E-state index contributed by atoms with van der Waals surface area (Å²) in [7, 11) is 0. The highest BCUT2D eigenvalue weighted by molar-refractivity contribution is 5.56. The summed E-state index contributed by atoms with van der Waals surface area (Å²) in [6.45, 7) is 7.75. The summed E-state index contributed by atoms with van der Waals surface area (Å²) < 4.78 is 15.8. The number of aryl methyl sites for hydroxylation is 2. The molecule has 0 aliphatic carbocycles. The number of halogens is 1. The van der Waals surface area contributed by atoms with Crippen LogP contribution < -0.4 is 0 Å². The smallest absolute Gasteiger partial charge is 0.153 e. The monoisotopic (exact) mass is 206 g/mol. The minimum Gasteiger partial charge on any atom is -0.318 e. The molecule has 0 amide bonds. The summed E-state index contributed by atoms with van der Waals surface area (Å²) in [6, 6.07) is 0. The molecule has 0 aliphatic heterocycles. The molecule has 0 bridgehead atoms. The van der Waals surface area contributed by atoms with Crippen LogP contribution in [0.3, 0.4) is 0 Å². The number of hydrogen-bond donors (Lipinski definition) is 0. The van der Waals surface area contributed by atoms with E-state index in [-0.39, 0.29) is 11.7 Å². The Morgan fingerprint density at radius 3 is 2.53 bits per heavy atom. The molecular weight excluding hydrogens is 191 g/mol. The van der Waals surface area contributed by atoms with E-state index < -0.39 is 0 Å². The van der Waals surface area contributed by atoms with Gasteiger partial charge in [-0.15, -0.1) is 0 Å². The average Bonchev–Trinajstić information content (AvgIpc) is 2.42. The standard InChI is InChI=1S/C12H15FN2/c1-7(2)10-6-15-5-8(3)14-9(4)12(15)11(10)13/h5-7H,1-4H3. The Labute approximate surface area is 88.8 Å². The van der Waals surface area contributed by atoms with Gasteiger partial charge in [0.05, 0.1) is 11.4 Å². The zero-order valence-electron chi connectivity index (χ0n) is 9.50. The first-order valence-electron chi connectivity index (χ1n) is 5.15. The van der Waals surface area contributed by atoms with Crippen molar-refractivity contribution in [1.29, 1.82) is 0 Å². The Hall–Kier alpha value is -1.38. The van der Waals surface area contributed by atoms with Gasteiger partial charge < -0.3 is 4.40 Å². The lowest BCUT2D eigenvalue weighted by Crippen LogP contribution is -1.94. The van der Waals surface area contributed by atoms with Gasteiger partial charge in [-0.25, -0.2) is 4.39 Å². The molecule has 15 heavy (non-hydrogen) atoms. The Balaban J connectivity index is 2.82. The number of nitrogens with zero attached hydrogens (tertiary/aromatic N) is 2. The number of rotatable bonds is 1. The van der Waals surface area contributed by atoms with Gasteiger partial charge >= 0.3 is 0 Å². The van der Waals surface area contributed by atoms with E-state index in [0.717, 1.165) is 17.0 Å². The summed E-state index contributed by atoms with van der Waals surface area (Å²) in [5, 5.41) is 0. The number of hydrogen-bond acceptors (Lipinski definition) is 1. The van der Waals surface area contributed by atoms with Crippen molar-refractivity contribution < 1.29 is 4.39 Å². The minimum absolute atomic E-state index is 0.130. The van der Waals surface area contributed by atoms with Gasteiger partial charge in [0, 0.05) is 18.0 Å². The van der Waals surface area contributed by atoms with E-state index in [1.807, 2.05) is 44.5 Å². The molecule has 0 spiro atoms. The van der Waals surface area contributed by atoms with Crippen LogP contribution in [0, 0.1) is 19.7 Å². The summed E-state index contributed by atoms with van der Waals surface area (Å²) >= 11 is 0. The highest BCUT2D eigenvalue weighted by Crippen LogP contribution is 2.25. The zero-order valence-corrected chi connectivity index (χ0v) is 9.50. The fraction of sp³-hybridized carbons (Fsp3) is 0.417. The third kappa shape index (κ3) is 1.52. The second-order valence-electron chi connectivity index (χ2n) is 4.28. The first-order chi connectivity index (χ1) is 7.00. The van der Waals surface area contributed by atoms with Gasteiger partial charge in [-0.2, -0.15) is 0 Å². The molecule has 2 aromatic rings. The second kappa shape index (κ2) is 3.33. The van der Waals surface area contributed by atoms with Crippen LogP contribution in [0.5, 0.6) is 0 Å². The van der Waals surface area contributed by atoms with E-state index in [1.165, 1.54) is 0 Å². The highest BCUT2D eigenvalue weighted by atomic mass is 19.1. The number of fused-ring (bicyclic) bond motifs is 1. The molecule has 80 valence electrons. The molecule has 2 nitrogen and oxygen atoms in total. The van der Waals surface area contributed by atoms with Gasteiger partial charge in [-0.1, -0.05) is 13.8 Å². The zero-order chi connectivity index (χ0) is 11.2. The van der Waals surface area contributed by atoms with Crippen molar-refractivity contribution in [3.05, 3.63) is 35.2 Å². The lowest BCUT2D eigenvalue weighted by Gasteiger charge is -2.00. The molecule has 3 heteroatoms. The van der Waals surface area contributed by atoms with Crippen molar-refractivity contribution in [2.75, 3.05) is 0 Å². The van der Waals surface area contributed by atoms with Gasteiger partial charge in [0.2, 0.25) is 0 Å². The molecule has 0 N–H and O–H groups in total. The topological polar surface area (TPSA) is 17.3 Å². The molecule has 0 saturated carbocycles. The van der Waals surface area contributed by atoms with Crippen LogP contribution in [-0.4, -0.2) is 9.38 Å². The van der Waals surface area contributed by atoms with Crippen molar-refractivity contribution in [2.24, 2.45) is 0 Å². The summed E-state index contributed by atoms with van der Waals surface area (Å²) in [4.78, 5) is 4.27. The van der Waals surface area contributed by atoms with Crippen LogP contribution in [0.2, 0.25) is 0 Å². The lowest BCUT2D eigenvalue weighted by atomic mass is 10.1. The van der Waals surface area contributed by atoms with Gasteiger partial charge in [0.25, 0.3) is 0 Å². The van der Waals surface area contributed by atoms with E-state index >= 15 is 0 Å².